The van der Waals surface area contributed by atoms with Crippen molar-refractivity contribution < 1.29 is 9.32 Å². The van der Waals surface area contributed by atoms with Gasteiger partial charge in [-0.2, -0.15) is 0 Å². The first kappa shape index (κ1) is 14.2. The van der Waals surface area contributed by atoms with Crippen LogP contribution in [-0.4, -0.2) is 35.2 Å². The molecule has 2 fully saturated rings. The maximum absolute atomic E-state index is 12.4. The Morgan fingerprint density at radius 2 is 2.22 bits per heavy atom. The summed E-state index contributed by atoms with van der Waals surface area (Å²) in [6.45, 7) is 3.79. The van der Waals surface area contributed by atoms with Gasteiger partial charge in [0.1, 0.15) is 11.6 Å². The zero-order chi connectivity index (χ0) is 15.8. The van der Waals surface area contributed by atoms with Crippen LogP contribution in [0.1, 0.15) is 41.9 Å². The third kappa shape index (κ3) is 2.93. The third-order valence-corrected chi connectivity index (χ3v) is 4.64. The number of nitrogens with zero attached hydrogens (tertiary/aromatic N) is 3. The van der Waals surface area contributed by atoms with Gasteiger partial charge in [-0.1, -0.05) is 18.1 Å². The molecule has 1 amide bonds. The number of hydrogen-bond donors (Lipinski definition) is 1. The lowest BCUT2D eigenvalue weighted by atomic mass is 10.1. The number of carbonyl (C=O) groups excluding carboxylic acids is 1. The predicted octanol–water partition coefficient (Wildman–Crippen LogP) is 2.20. The van der Waals surface area contributed by atoms with Crippen molar-refractivity contribution in [3.63, 3.8) is 0 Å². The van der Waals surface area contributed by atoms with E-state index in [1.165, 1.54) is 0 Å². The molecular formula is C17H20N4O2. The summed E-state index contributed by atoms with van der Waals surface area (Å²) in [6, 6.07) is 7.75. The quantitative estimate of drug-likeness (QED) is 0.937. The molecule has 1 aliphatic carbocycles. The van der Waals surface area contributed by atoms with Crippen molar-refractivity contribution in [3.05, 3.63) is 41.9 Å². The second kappa shape index (κ2) is 5.68. The Kier molecular flexibility index (Phi) is 3.52. The Hall–Kier alpha value is -2.37. The van der Waals surface area contributed by atoms with Gasteiger partial charge in [-0.15, -0.1) is 0 Å². The molecule has 2 aromatic rings. The zero-order valence-electron chi connectivity index (χ0n) is 13.1. The first-order valence-corrected chi connectivity index (χ1v) is 8.14. The Bertz CT molecular complexity index is 696. The highest BCUT2D eigenvalue weighted by Crippen LogP contribution is 2.40. The Morgan fingerprint density at radius 3 is 2.96 bits per heavy atom. The molecule has 6 nitrogen and oxygen atoms in total. The van der Waals surface area contributed by atoms with Gasteiger partial charge < -0.3 is 14.7 Å². The second-order valence-corrected chi connectivity index (χ2v) is 6.54. The Morgan fingerprint density at radius 1 is 1.35 bits per heavy atom. The van der Waals surface area contributed by atoms with Crippen molar-refractivity contribution in [1.82, 2.24) is 15.5 Å². The van der Waals surface area contributed by atoms with Gasteiger partial charge in [0, 0.05) is 31.3 Å². The number of nitrogens with one attached hydrogen (secondary N) is 1. The van der Waals surface area contributed by atoms with Crippen molar-refractivity contribution in [3.8, 4) is 0 Å². The molecule has 0 aromatic carbocycles. The van der Waals surface area contributed by atoms with Crippen molar-refractivity contribution in [2.75, 3.05) is 18.0 Å². The van der Waals surface area contributed by atoms with Crippen LogP contribution in [0.4, 0.5) is 5.82 Å². The van der Waals surface area contributed by atoms with Crippen LogP contribution in [-0.2, 0) is 0 Å². The number of hydrogen-bond acceptors (Lipinski definition) is 5. The standard InChI is InChI=1S/C17H20N4O2/c1-11-9-21(16-4-2-3-7-18-16)10-14(11)19-17(22)13-8-15(23-20-13)12-5-6-12/h2-4,7-8,11-12,14H,5-6,9-10H2,1H3,(H,19,22). The van der Waals surface area contributed by atoms with E-state index in [-0.39, 0.29) is 11.9 Å². The van der Waals surface area contributed by atoms with E-state index in [4.69, 9.17) is 4.52 Å². The van der Waals surface area contributed by atoms with Crippen LogP contribution >= 0.6 is 0 Å². The summed E-state index contributed by atoms with van der Waals surface area (Å²) >= 11 is 0. The largest absolute Gasteiger partial charge is 0.360 e. The summed E-state index contributed by atoms with van der Waals surface area (Å²) in [5.41, 5.74) is 0.385. The van der Waals surface area contributed by atoms with Crippen molar-refractivity contribution in [1.29, 1.82) is 0 Å². The van der Waals surface area contributed by atoms with Crippen molar-refractivity contribution in [2.45, 2.75) is 31.7 Å². The maximum atomic E-state index is 12.4. The van der Waals surface area contributed by atoms with E-state index in [0.717, 1.165) is 37.5 Å². The molecule has 1 saturated carbocycles. The molecule has 4 rings (SSSR count). The normalized spacial score (nSPS) is 24.0. The lowest BCUT2D eigenvalue weighted by molar-refractivity contribution is 0.0924. The molecule has 1 saturated heterocycles. The minimum absolute atomic E-state index is 0.0885. The van der Waals surface area contributed by atoms with Crippen molar-refractivity contribution in [2.24, 2.45) is 5.92 Å². The van der Waals surface area contributed by atoms with E-state index in [1.54, 1.807) is 12.3 Å². The predicted molar refractivity (Wildman–Crippen MR) is 85.3 cm³/mol. The number of anilines is 1. The number of pyridine rings is 1. The van der Waals surface area contributed by atoms with Gasteiger partial charge in [-0.25, -0.2) is 4.98 Å². The first-order valence-electron chi connectivity index (χ1n) is 8.14. The van der Waals surface area contributed by atoms with Crippen LogP contribution < -0.4 is 10.2 Å². The highest BCUT2D eigenvalue weighted by molar-refractivity contribution is 5.92. The molecule has 2 aromatic heterocycles. The topological polar surface area (TPSA) is 71.3 Å². The fourth-order valence-corrected chi connectivity index (χ4v) is 3.08. The minimum Gasteiger partial charge on any atom is -0.360 e. The molecule has 0 spiro atoms. The molecule has 0 bridgehead atoms. The SMILES string of the molecule is CC1CN(c2ccccn2)CC1NC(=O)c1cc(C2CC2)on1. The van der Waals surface area contributed by atoms with E-state index >= 15 is 0 Å². The fraction of sp³-hybridized carbons (Fsp3) is 0.471. The van der Waals surface area contributed by atoms with Gasteiger partial charge in [0.2, 0.25) is 0 Å². The Balaban J connectivity index is 1.40. The van der Waals surface area contributed by atoms with Gasteiger partial charge >= 0.3 is 0 Å². The molecule has 2 atom stereocenters. The van der Waals surface area contributed by atoms with E-state index in [0.29, 0.717) is 17.5 Å². The van der Waals surface area contributed by atoms with Crippen LogP contribution in [0.25, 0.3) is 0 Å². The number of rotatable bonds is 4. The summed E-state index contributed by atoms with van der Waals surface area (Å²) in [6.07, 6.45) is 4.06. The highest BCUT2D eigenvalue weighted by Gasteiger charge is 2.33. The maximum Gasteiger partial charge on any atom is 0.273 e. The van der Waals surface area contributed by atoms with E-state index in [9.17, 15) is 4.79 Å². The third-order valence-electron chi connectivity index (χ3n) is 4.64. The zero-order valence-corrected chi connectivity index (χ0v) is 13.1. The lowest BCUT2D eigenvalue weighted by Gasteiger charge is -2.17. The van der Waals surface area contributed by atoms with Crippen molar-refractivity contribution >= 4 is 11.7 Å². The molecule has 120 valence electrons. The molecule has 3 heterocycles. The number of aromatic nitrogens is 2. The van der Waals surface area contributed by atoms with Crippen LogP contribution in [0.15, 0.2) is 35.0 Å². The van der Waals surface area contributed by atoms with Gasteiger partial charge in [-0.3, -0.25) is 4.79 Å². The van der Waals surface area contributed by atoms with Crippen LogP contribution in [0, 0.1) is 5.92 Å². The van der Waals surface area contributed by atoms with Gasteiger partial charge in [0.05, 0.1) is 6.04 Å². The molecule has 1 aliphatic heterocycles. The van der Waals surface area contributed by atoms with E-state index < -0.39 is 0 Å². The fourth-order valence-electron chi connectivity index (χ4n) is 3.08. The average molecular weight is 312 g/mol. The molecule has 23 heavy (non-hydrogen) atoms. The number of carbonyl (C=O) groups is 1. The highest BCUT2D eigenvalue weighted by atomic mass is 16.5. The Labute approximate surface area is 134 Å². The van der Waals surface area contributed by atoms with Crippen LogP contribution in [0.2, 0.25) is 0 Å². The van der Waals surface area contributed by atoms with Gasteiger partial charge in [0.25, 0.3) is 5.91 Å². The summed E-state index contributed by atoms with van der Waals surface area (Å²) < 4.78 is 5.26. The smallest absolute Gasteiger partial charge is 0.273 e. The number of amides is 1. The summed E-state index contributed by atoms with van der Waals surface area (Å²) in [5, 5.41) is 7.00. The van der Waals surface area contributed by atoms with E-state index in [1.807, 2.05) is 18.2 Å². The van der Waals surface area contributed by atoms with Gasteiger partial charge in [-0.05, 0) is 30.9 Å². The lowest BCUT2D eigenvalue weighted by Crippen LogP contribution is -2.40. The van der Waals surface area contributed by atoms with Crippen LogP contribution in [0.5, 0.6) is 0 Å². The molecule has 2 aliphatic rings. The molecule has 2 unspecified atom stereocenters. The van der Waals surface area contributed by atoms with Gasteiger partial charge in [0.15, 0.2) is 5.69 Å². The molecule has 1 N–H and O–H groups in total. The molecule has 0 radical (unpaired) electrons. The monoisotopic (exact) mass is 312 g/mol. The second-order valence-electron chi connectivity index (χ2n) is 6.54. The van der Waals surface area contributed by atoms with E-state index in [2.05, 4.69) is 27.3 Å². The average Bonchev–Trinajstić information content (AvgIpc) is 3.18. The first-order chi connectivity index (χ1) is 11.2. The molecular weight excluding hydrogens is 292 g/mol. The minimum atomic E-state index is -0.152. The summed E-state index contributed by atoms with van der Waals surface area (Å²) in [4.78, 5) is 19.0. The molecule has 6 heteroatoms. The van der Waals surface area contributed by atoms with Crippen LogP contribution in [0.3, 0.4) is 0 Å². The summed E-state index contributed by atoms with van der Waals surface area (Å²) in [7, 11) is 0. The summed E-state index contributed by atoms with van der Waals surface area (Å²) in [5.74, 6) is 2.46.